The maximum atomic E-state index is 4.79. The van der Waals surface area contributed by atoms with Crippen LogP contribution in [-0.4, -0.2) is 9.55 Å². The van der Waals surface area contributed by atoms with Crippen molar-refractivity contribution in [2.24, 2.45) is 0 Å². The first-order valence-corrected chi connectivity index (χ1v) is 12.2. The van der Waals surface area contributed by atoms with Crippen LogP contribution in [0, 0.1) is 0 Å². The van der Waals surface area contributed by atoms with Gasteiger partial charge in [0.15, 0.2) is 0 Å². The van der Waals surface area contributed by atoms with Crippen molar-refractivity contribution in [1.29, 1.82) is 0 Å². The van der Waals surface area contributed by atoms with Crippen LogP contribution in [0.15, 0.2) is 79.1 Å². The normalized spacial score (nSPS) is 11.7. The minimum atomic E-state index is 0.555. The minimum absolute atomic E-state index is 0.555. The molecule has 2 nitrogen and oxygen atoms in total. The van der Waals surface area contributed by atoms with Crippen molar-refractivity contribution in [3.05, 3.63) is 84.7 Å². The van der Waals surface area contributed by atoms with Crippen molar-refractivity contribution in [1.82, 2.24) is 9.55 Å². The van der Waals surface area contributed by atoms with Crippen molar-refractivity contribution in [3.63, 3.8) is 0 Å². The lowest BCUT2D eigenvalue weighted by molar-refractivity contribution is 0.559. The maximum Gasteiger partial charge on any atom is 0.144 e. The van der Waals surface area contributed by atoms with Gasteiger partial charge in [0.25, 0.3) is 0 Å². The lowest BCUT2D eigenvalue weighted by atomic mass is 9.87. The molecular formula is C28H28N2S. The Morgan fingerprint density at radius 2 is 1.58 bits per heavy atom. The number of fused-ring (bicyclic) bond motifs is 3. The Bertz CT molecular complexity index is 1310. The smallest absolute Gasteiger partial charge is 0.144 e. The Morgan fingerprint density at radius 1 is 0.839 bits per heavy atom. The van der Waals surface area contributed by atoms with Crippen LogP contribution in [0.4, 0.5) is 0 Å². The van der Waals surface area contributed by atoms with Gasteiger partial charge in [0.1, 0.15) is 5.82 Å². The zero-order chi connectivity index (χ0) is 21.2. The van der Waals surface area contributed by atoms with Gasteiger partial charge in [-0.25, -0.2) is 4.98 Å². The molecule has 0 amide bonds. The fraction of sp³-hybridized carbons (Fsp3) is 0.250. The summed E-state index contributed by atoms with van der Waals surface area (Å²) in [5.41, 5.74) is 3.92. The lowest BCUT2D eigenvalue weighted by Gasteiger charge is -2.22. The fourth-order valence-corrected chi connectivity index (χ4v) is 5.95. The molecule has 0 spiro atoms. The summed E-state index contributed by atoms with van der Waals surface area (Å²) in [6.07, 6.45) is 8.90. The number of hydrogen-bond donors (Lipinski definition) is 0. The molecule has 0 atom stereocenters. The third-order valence-electron chi connectivity index (χ3n) is 6.17. The van der Waals surface area contributed by atoms with Gasteiger partial charge in [-0.1, -0.05) is 81.3 Å². The van der Waals surface area contributed by atoms with E-state index < -0.39 is 0 Å². The molecule has 5 aromatic rings. The molecule has 3 aromatic carbocycles. The summed E-state index contributed by atoms with van der Waals surface area (Å²) in [7, 11) is 0. The first-order valence-electron chi connectivity index (χ1n) is 11.3. The van der Waals surface area contributed by atoms with Gasteiger partial charge in [-0.15, -0.1) is 11.3 Å². The van der Waals surface area contributed by atoms with Crippen LogP contribution in [0.2, 0.25) is 0 Å². The second-order valence-corrected chi connectivity index (χ2v) is 9.32. The molecule has 0 aliphatic rings. The van der Waals surface area contributed by atoms with Crippen molar-refractivity contribution < 1.29 is 0 Å². The summed E-state index contributed by atoms with van der Waals surface area (Å²) >= 11 is 1.89. The summed E-state index contributed by atoms with van der Waals surface area (Å²) in [5.74, 6) is 1.57. The summed E-state index contributed by atoms with van der Waals surface area (Å²) < 4.78 is 5.03. The van der Waals surface area contributed by atoms with Crippen molar-refractivity contribution in [3.8, 4) is 17.1 Å². The van der Waals surface area contributed by atoms with E-state index in [0.717, 1.165) is 11.4 Å². The maximum absolute atomic E-state index is 4.79. The molecule has 3 heteroatoms. The molecule has 0 saturated heterocycles. The molecule has 5 rings (SSSR count). The highest BCUT2D eigenvalue weighted by Gasteiger charge is 2.22. The Labute approximate surface area is 188 Å². The van der Waals surface area contributed by atoms with E-state index in [1.54, 1.807) is 0 Å². The molecule has 0 fully saturated rings. The highest BCUT2D eigenvalue weighted by Crippen LogP contribution is 2.43. The Kier molecular flexibility index (Phi) is 5.61. The molecule has 156 valence electrons. The van der Waals surface area contributed by atoms with Crippen molar-refractivity contribution in [2.45, 2.75) is 45.4 Å². The number of aromatic nitrogens is 2. The topological polar surface area (TPSA) is 17.8 Å². The molecule has 0 N–H and O–H groups in total. The SMILES string of the molecule is CCCC(CCC)c1ccc2sc3ccccc3c2c1-n1ccnc1-c1ccccc1. The second-order valence-electron chi connectivity index (χ2n) is 8.24. The first-order chi connectivity index (χ1) is 15.3. The predicted molar refractivity (Wildman–Crippen MR) is 134 cm³/mol. The third kappa shape index (κ3) is 3.57. The average Bonchev–Trinajstić information content (AvgIpc) is 3.44. The average molecular weight is 425 g/mol. The van der Waals surface area contributed by atoms with Gasteiger partial charge in [0, 0.05) is 38.1 Å². The highest BCUT2D eigenvalue weighted by atomic mass is 32.1. The summed E-state index contributed by atoms with van der Waals surface area (Å²) in [6.45, 7) is 4.60. The molecule has 0 unspecified atom stereocenters. The van der Waals surface area contributed by atoms with E-state index in [2.05, 4.69) is 91.3 Å². The lowest BCUT2D eigenvalue weighted by Crippen LogP contribution is -2.07. The number of benzene rings is 3. The largest absolute Gasteiger partial charge is 0.299 e. The zero-order valence-corrected chi connectivity index (χ0v) is 19.0. The van der Waals surface area contributed by atoms with Crippen molar-refractivity contribution >= 4 is 31.5 Å². The van der Waals surface area contributed by atoms with Gasteiger partial charge in [0.2, 0.25) is 0 Å². The van der Waals surface area contributed by atoms with Gasteiger partial charge in [0.05, 0.1) is 5.69 Å². The van der Waals surface area contributed by atoms with Gasteiger partial charge in [-0.3, -0.25) is 4.57 Å². The minimum Gasteiger partial charge on any atom is -0.299 e. The molecule has 0 bridgehead atoms. The summed E-state index contributed by atoms with van der Waals surface area (Å²) in [6, 6.07) is 24.1. The van der Waals surface area contributed by atoms with Crippen LogP contribution in [0.1, 0.15) is 51.0 Å². The molecule has 0 aliphatic heterocycles. The van der Waals surface area contributed by atoms with Gasteiger partial charge in [-0.2, -0.15) is 0 Å². The predicted octanol–water partition coefficient (Wildman–Crippen LogP) is 8.59. The van der Waals surface area contributed by atoms with Gasteiger partial charge >= 0.3 is 0 Å². The summed E-state index contributed by atoms with van der Waals surface area (Å²) in [4.78, 5) is 4.79. The molecule has 2 aromatic heterocycles. The van der Waals surface area contributed by atoms with E-state index in [1.165, 1.54) is 57.1 Å². The standard InChI is InChI=1S/C28H28N2S/c1-3-10-20(11-4-2)22-16-17-25-26(23-14-8-9-15-24(23)31-25)27(22)30-19-18-29-28(30)21-12-6-5-7-13-21/h5-9,12-20H,3-4,10-11H2,1-2H3. The summed E-state index contributed by atoms with van der Waals surface area (Å²) in [5, 5.41) is 2.71. The fourth-order valence-electron chi connectivity index (χ4n) is 4.84. The van der Waals surface area contributed by atoms with E-state index in [9.17, 15) is 0 Å². The quantitative estimate of drug-likeness (QED) is 0.256. The molecule has 31 heavy (non-hydrogen) atoms. The van der Waals surface area contributed by atoms with Crippen molar-refractivity contribution in [2.75, 3.05) is 0 Å². The van der Waals surface area contributed by atoms with Gasteiger partial charge in [-0.05, 0) is 36.5 Å². The molecular weight excluding hydrogens is 396 g/mol. The second kappa shape index (κ2) is 8.68. The van der Waals surface area contributed by atoms with Crippen LogP contribution in [0.5, 0.6) is 0 Å². The first kappa shape index (κ1) is 20.0. The Hall–Kier alpha value is -2.91. The van der Waals surface area contributed by atoms with Crippen LogP contribution in [0.25, 0.3) is 37.2 Å². The third-order valence-corrected chi connectivity index (χ3v) is 7.31. The van der Waals surface area contributed by atoms with Gasteiger partial charge < -0.3 is 0 Å². The van der Waals surface area contributed by atoms with E-state index in [0.29, 0.717) is 5.92 Å². The number of nitrogens with zero attached hydrogens (tertiary/aromatic N) is 2. The van der Waals surface area contributed by atoms with Crippen LogP contribution >= 0.6 is 11.3 Å². The monoisotopic (exact) mass is 424 g/mol. The molecule has 2 heterocycles. The Balaban J connectivity index is 1.85. The number of imidazole rings is 1. The molecule has 0 radical (unpaired) electrons. The highest BCUT2D eigenvalue weighted by molar-refractivity contribution is 7.25. The molecule has 0 saturated carbocycles. The number of thiophene rings is 1. The van der Waals surface area contributed by atoms with Crippen LogP contribution < -0.4 is 0 Å². The van der Waals surface area contributed by atoms with E-state index in [-0.39, 0.29) is 0 Å². The number of rotatable bonds is 7. The van der Waals surface area contributed by atoms with E-state index in [1.807, 2.05) is 17.5 Å². The zero-order valence-electron chi connectivity index (χ0n) is 18.2. The molecule has 0 aliphatic carbocycles. The number of hydrogen-bond acceptors (Lipinski definition) is 2. The van der Waals surface area contributed by atoms with E-state index in [4.69, 9.17) is 4.98 Å². The van der Waals surface area contributed by atoms with Crippen LogP contribution in [-0.2, 0) is 0 Å². The van der Waals surface area contributed by atoms with E-state index >= 15 is 0 Å². The Morgan fingerprint density at radius 3 is 2.35 bits per heavy atom. The van der Waals surface area contributed by atoms with Crippen LogP contribution in [0.3, 0.4) is 0 Å².